The Morgan fingerprint density at radius 3 is 2.19 bits per heavy atom. The van der Waals surface area contributed by atoms with Crippen LogP contribution in [-0.2, 0) is 21.2 Å². The molecule has 1 N–H and O–H groups in total. The molecule has 0 spiro atoms. The average molecular weight is 449 g/mol. The van der Waals surface area contributed by atoms with Crippen LogP contribution in [0, 0.1) is 0 Å². The molecule has 8 heteroatoms. The highest BCUT2D eigenvalue weighted by Gasteiger charge is 2.18. The maximum absolute atomic E-state index is 12.5. The van der Waals surface area contributed by atoms with Gasteiger partial charge in [-0.1, -0.05) is 19.1 Å². The minimum atomic E-state index is -3.33. The standard InChI is InChI=1S/C23H32N2O5S/c1-5-22(30-21-15-11-19(12-16-21)25(3)31(4,27)28)23(26)24-17-7-8-18-9-13-20(14-10-18)29-6-2/h9-16,22H,5-8,17H2,1-4H3,(H,24,26). The van der Waals surface area contributed by atoms with E-state index in [2.05, 4.69) is 5.32 Å². The first-order chi connectivity index (χ1) is 14.7. The summed E-state index contributed by atoms with van der Waals surface area (Å²) in [5.41, 5.74) is 1.72. The number of anilines is 1. The van der Waals surface area contributed by atoms with E-state index in [0.29, 0.717) is 31.0 Å². The minimum absolute atomic E-state index is 0.161. The molecule has 0 saturated heterocycles. The smallest absolute Gasteiger partial charge is 0.261 e. The molecular formula is C23H32N2O5S. The molecule has 7 nitrogen and oxygen atoms in total. The molecule has 0 radical (unpaired) electrons. The van der Waals surface area contributed by atoms with Gasteiger partial charge >= 0.3 is 0 Å². The van der Waals surface area contributed by atoms with Gasteiger partial charge in [-0.2, -0.15) is 0 Å². The van der Waals surface area contributed by atoms with Crippen molar-refractivity contribution in [3.63, 3.8) is 0 Å². The second-order valence-corrected chi connectivity index (χ2v) is 9.22. The number of hydrogen-bond donors (Lipinski definition) is 1. The third-order valence-electron chi connectivity index (χ3n) is 4.82. The summed E-state index contributed by atoms with van der Waals surface area (Å²) in [5.74, 6) is 1.21. The monoisotopic (exact) mass is 448 g/mol. The van der Waals surface area contributed by atoms with E-state index < -0.39 is 16.1 Å². The Kier molecular flexibility index (Phi) is 9.18. The largest absolute Gasteiger partial charge is 0.494 e. The van der Waals surface area contributed by atoms with Gasteiger partial charge in [-0.3, -0.25) is 9.10 Å². The summed E-state index contributed by atoms with van der Waals surface area (Å²) in [4.78, 5) is 12.5. The number of carbonyl (C=O) groups is 1. The molecule has 1 atom stereocenters. The number of hydrogen-bond acceptors (Lipinski definition) is 5. The van der Waals surface area contributed by atoms with Crippen LogP contribution in [0.3, 0.4) is 0 Å². The first-order valence-corrected chi connectivity index (χ1v) is 12.3. The number of aryl methyl sites for hydroxylation is 1. The van der Waals surface area contributed by atoms with Crippen molar-refractivity contribution >= 4 is 21.6 Å². The van der Waals surface area contributed by atoms with Gasteiger partial charge in [0.25, 0.3) is 5.91 Å². The predicted molar refractivity (Wildman–Crippen MR) is 123 cm³/mol. The van der Waals surface area contributed by atoms with Crippen molar-refractivity contribution in [2.24, 2.45) is 0 Å². The maximum atomic E-state index is 12.5. The molecule has 0 fully saturated rings. The molecule has 2 aromatic rings. The van der Waals surface area contributed by atoms with Crippen molar-refractivity contribution in [3.05, 3.63) is 54.1 Å². The number of carbonyl (C=O) groups excluding carboxylic acids is 1. The number of rotatable bonds is 12. The van der Waals surface area contributed by atoms with Crippen LogP contribution in [0.1, 0.15) is 32.3 Å². The number of benzene rings is 2. The van der Waals surface area contributed by atoms with Crippen LogP contribution in [0.25, 0.3) is 0 Å². The molecule has 0 saturated carbocycles. The summed E-state index contributed by atoms with van der Waals surface area (Å²) in [7, 11) is -1.84. The minimum Gasteiger partial charge on any atom is -0.494 e. The summed E-state index contributed by atoms with van der Waals surface area (Å²) in [6.45, 7) is 5.05. The SMILES string of the molecule is CCOc1ccc(CCCNC(=O)C(CC)Oc2ccc(N(C)S(C)(=O)=O)cc2)cc1. The van der Waals surface area contributed by atoms with Gasteiger partial charge in [0, 0.05) is 13.6 Å². The van der Waals surface area contributed by atoms with Crippen LogP contribution < -0.4 is 19.1 Å². The molecule has 2 aromatic carbocycles. The number of amides is 1. The van der Waals surface area contributed by atoms with Gasteiger partial charge in [-0.25, -0.2) is 8.42 Å². The van der Waals surface area contributed by atoms with Crippen LogP contribution >= 0.6 is 0 Å². The molecule has 31 heavy (non-hydrogen) atoms. The highest BCUT2D eigenvalue weighted by molar-refractivity contribution is 7.92. The normalized spacial score (nSPS) is 12.1. The van der Waals surface area contributed by atoms with Gasteiger partial charge in [0.1, 0.15) is 11.5 Å². The van der Waals surface area contributed by atoms with E-state index in [-0.39, 0.29) is 5.91 Å². The molecule has 0 aromatic heterocycles. The zero-order valence-corrected chi connectivity index (χ0v) is 19.4. The van der Waals surface area contributed by atoms with E-state index in [1.54, 1.807) is 24.3 Å². The fourth-order valence-corrected chi connectivity index (χ4v) is 3.45. The molecule has 0 aliphatic carbocycles. The Balaban J connectivity index is 1.81. The van der Waals surface area contributed by atoms with Crippen LogP contribution in [0.4, 0.5) is 5.69 Å². The summed E-state index contributed by atoms with van der Waals surface area (Å²) in [5, 5.41) is 2.93. The van der Waals surface area contributed by atoms with Crippen molar-refractivity contribution in [1.82, 2.24) is 5.32 Å². The average Bonchev–Trinajstić information content (AvgIpc) is 2.75. The number of sulfonamides is 1. The molecule has 0 bridgehead atoms. The molecule has 0 heterocycles. The van der Waals surface area contributed by atoms with Crippen LogP contribution in [0.2, 0.25) is 0 Å². The molecule has 0 aliphatic heterocycles. The van der Waals surface area contributed by atoms with E-state index in [0.717, 1.165) is 24.8 Å². The molecule has 1 unspecified atom stereocenters. The Bertz CT molecular complexity index is 927. The van der Waals surface area contributed by atoms with Crippen LogP contribution in [0.15, 0.2) is 48.5 Å². The van der Waals surface area contributed by atoms with Gasteiger partial charge in [-0.15, -0.1) is 0 Å². The lowest BCUT2D eigenvalue weighted by molar-refractivity contribution is -0.128. The molecule has 2 rings (SSSR count). The van der Waals surface area contributed by atoms with Crippen LogP contribution in [-0.4, -0.2) is 46.9 Å². The highest BCUT2D eigenvalue weighted by Crippen LogP contribution is 2.21. The highest BCUT2D eigenvalue weighted by atomic mass is 32.2. The van der Waals surface area contributed by atoms with Crippen molar-refractivity contribution in [2.75, 3.05) is 30.8 Å². The van der Waals surface area contributed by atoms with Gasteiger partial charge in [-0.05, 0) is 68.1 Å². The lowest BCUT2D eigenvalue weighted by Gasteiger charge is -2.19. The fraction of sp³-hybridized carbons (Fsp3) is 0.435. The first-order valence-electron chi connectivity index (χ1n) is 10.4. The quantitative estimate of drug-likeness (QED) is 0.503. The Hall–Kier alpha value is -2.74. The molecule has 0 aliphatic rings. The Morgan fingerprint density at radius 1 is 1.03 bits per heavy atom. The molecule has 1 amide bonds. The summed E-state index contributed by atoms with van der Waals surface area (Å²) in [6, 6.07) is 14.6. The van der Waals surface area contributed by atoms with E-state index in [1.807, 2.05) is 38.1 Å². The first kappa shape index (κ1) is 24.5. The second-order valence-electron chi connectivity index (χ2n) is 7.21. The van der Waals surface area contributed by atoms with E-state index in [9.17, 15) is 13.2 Å². The van der Waals surface area contributed by atoms with Crippen molar-refractivity contribution < 1.29 is 22.7 Å². The maximum Gasteiger partial charge on any atom is 0.261 e. The lowest BCUT2D eigenvalue weighted by atomic mass is 10.1. The summed E-state index contributed by atoms with van der Waals surface area (Å²) >= 11 is 0. The lowest BCUT2D eigenvalue weighted by Crippen LogP contribution is -2.38. The van der Waals surface area contributed by atoms with Crippen molar-refractivity contribution in [1.29, 1.82) is 0 Å². The van der Waals surface area contributed by atoms with Crippen molar-refractivity contribution in [2.45, 2.75) is 39.2 Å². The molecular weight excluding hydrogens is 416 g/mol. The summed E-state index contributed by atoms with van der Waals surface area (Å²) in [6.07, 6.45) is 2.74. The number of nitrogens with one attached hydrogen (secondary N) is 1. The van der Waals surface area contributed by atoms with E-state index in [1.165, 1.54) is 16.9 Å². The zero-order chi connectivity index (χ0) is 22.9. The fourth-order valence-electron chi connectivity index (χ4n) is 2.95. The number of nitrogens with zero attached hydrogens (tertiary/aromatic N) is 1. The third kappa shape index (κ3) is 7.79. The summed E-state index contributed by atoms with van der Waals surface area (Å²) < 4.78 is 35.7. The van der Waals surface area contributed by atoms with Gasteiger partial charge in [0.2, 0.25) is 10.0 Å². The van der Waals surface area contributed by atoms with Crippen LogP contribution in [0.5, 0.6) is 11.5 Å². The third-order valence-corrected chi connectivity index (χ3v) is 6.02. The Morgan fingerprint density at radius 2 is 1.65 bits per heavy atom. The topological polar surface area (TPSA) is 84.9 Å². The van der Waals surface area contributed by atoms with Gasteiger partial charge in [0.15, 0.2) is 6.10 Å². The second kappa shape index (κ2) is 11.6. The number of ether oxygens (including phenoxy) is 2. The predicted octanol–water partition coefficient (Wildman–Crippen LogP) is 3.39. The zero-order valence-electron chi connectivity index (χ0n) is 18.6. The van der Waals surface area contributed by atoms with Gasteiger partial charge < -0.3 is 14.8 Å². The van der Waals surface area contributed by atoms with Gasteiger partial charge in [0.05, 0.1) is 18.6 Å². The Labute approximate surface area is 185 Å². The van der Waals surface area contributed by atoms with Crippen molar-refractivity contribution in [3.8, 4) is 11.5 Å². The molecule has 170 valence electrons. The van der Waals surface area contributed by atoms with E-state index in [4.69, 9.17) is 9.47 Å². The van der Waals surface area contributed by atoms with E-state index >= 15 is 0 Å².